The molecule has 2 fully saturated rings. The van der Waals surface area contributed by atoms with Gasteiger partial charge in [-0.1, -0.05) is 19.3 Å². The van der Waals surface area contributed by atoms with Crippen LogP contribution in [0.5, 0.6) is 0 Å². The number of halogens is 3. The largest absolute Gasteiger partial charge is 0.453 e. The highest BCUT2D eigenvalue weighted by Crippen LogP contribution is 2.30. The molecule has 0 radical (unpaired) electrons. The molecule has 1 aliphatic carbocycles. The van der Waals surface area contributed by atoms with Crippen molar-refractivity contribution < 1.29 is 18.0 Å². The summed E-state index contributed by atoms with van der Waals surface area (Å²) >= 11 is 0. The highest BCUT2D eigenvalue weighted by Gasteiger charge is 2.38. The van der Waals surface area contributed by atoms with Gasteiger partial charge < -0.3 is 10.2 Å². The van der Waals surface area contributed by atoms with Gasteiger partial charge in [-0.15, -0.1) is 15.3 Å². The van der Waals surface area contributed by atoms with Crippen molar-refractivity contribution in [1.29, 1.82) is 5.26 Å². The van der Waals surface area contributed by atoms with Gasteiger partial charge >= 0.3 is 6.18 Å². The van der Waals surface area contributed by atoms with Gasteiger partial charge in [-0.25, -0.2) is 0 Å². The zero-order valence-corrected chi connectivity index (χ0v) is 16.3. The first-order chi connectivity index (χ1) is 14.3. The minimum atomic E-state index is -4.65. The number of alkyl halides is 3. The highest BCUT2D eigenvalue weighted by atomic mass is 19.4. The molecule has 1 N–H and O–H groups in total. The molecule has 0 spiro atoms. The third-order valence-electron chi connectivity index (χ3n) is 5.98. The fraction of sp³-hybridized carbons (Fsp3) is 0.632. The predicted molar refractivity (Wildman–Crippen MR) is 100 cm³/mol. The number of fused-ring (bicyclic) bond motifs is 1. The quantitative estimate of drug-likeness (QED) is 0.818. The topological polar surface area (TPSA) is 99.2 Å². The van der Waals surface area contributed by atoms with Gasteiger partial charge in [-0.3, -0.25) is 4.79 Å². The minimum Gasteiger partial charge on any atom is -0.355 e. The molecule has 1 saturated carbocycles. The number of nitriles is 1. The van der Waals surface area contributed by atoms with Crippen molar-refractivity contribution >= 4 is 17.4 Å². The van der Waals surface area contributed by atoms with Crippen LogP contribution in [0.25, 0.3) is 5.65 Å². The molecule has 1 amide bonds. The van der Waals surface area contributed by atoms with Crippen molar-refractivity contribution in [2.24, 2.45) is 5.92 Å². The van der Waals surface area contributed by atoms with Crippen LogP contribution in [0.2, 0.25) is 0 Å². The second-order valence-corrected chi connectivity index (χ2v) is 7.99. The molecule has 1 saturated heterocycles. The van der Waals surface area contributed by atoms with Crippen LogP contribution in [0.4, 0.5) is 19.0 Å². The maximum Gasteiger partial charge on any atom is 0.453 e. The molecule has 160 valence electrons. The molecule has 0 atom stereocenters. The van der Waals surface area contributed by atoms with E-state index < -0.39 is 17.5 Å². The van der Waals surface area contributed by atoms with E-state index in [0.717, 1.165) is 19.3 Å². The average molecular weight is 421 g/mol. The molecule has 0 bridgehead atoms. The van der Waals surface area contributed by atoms with E-state index in [1.165, 1.54) is 6.07 Å². The Morgan fingerprint density at radius 1 is 1.17 bits per heavy atom. The summed E-state index contributed by atoms with van der Waals surface area (Å²) in [5, 5.41) is 23.3. The van der Waals surface area contributed by atoms with Gasteiger partial charge in [-0.2, -0.15) is 22.9 Å². The van der Waals surface area contributed by atoms with E-state index in [9.17, 15) is 23.2 Å². The fourth-order valence-corrected chi connectivity index (χ4v) is 4.25. The molecule has 11 heteroatoms. The number of carbonyl (C=O) groups excluding carboxylic acids is 1. The fourth-order valence-electron chi connectivity index (χ4n) is 4.25. The van der Waals surface area contributed by atoms with E-state index in [1.54, 1.807) is 6.07 Å². The molecule has 8 nitrogen and oxygen atoms in total. The third kappa shape index (κ3) is 3.91. The summed E-state index contributed by atoms with van der Waals surface area (Å²) in [6, 6.07) is 5.35. The molecular formula is C19H22F3N7O. The van der Waals surface area contributed by atoms with E-state index in [0.29, 0.717) is 49.1 Å². The Morgan fingerprint density at radius 3 is 2.50 bits per heavy atom. The zero-order valence-electron chi connectivity index (χ0n) is 16.3. The summed E-state index contributed by atoms with van der Waals surface area (Å²) in [7, 11) is 0. The number of piperidine rings is 1. The van der Waals surface area contributed by atoms with Crippen LogP contribution in [-0.4, -0.2) is 44.3 Å². The van der Waals surface area contributed by atoms with E-state index in [4.69, 9.17) is 0 Å². The van der Waals surface area contributed by atoms with Crippen LogP contribution in [-0.2, 0) is 11.0 Å². The number of aromatic nitrogens is 4. The maximum absolute atomic E-state index is 13.1. The first-order valence-electron chi connectivity index (χ1n) is 10.1. The lowest BCUT2D eigenvalue weighted by Gasteiger charge is -2.36. The number of anilines is 1. The maximum atomic E-state index is 13.1. The molecule has 0 aromatic carbocycles. The summed E-state index contributed by atoms with van der Waals surface area (Å²) in [4.78, 5) is 14.6. The van der Waals surface area contributed by atoms with Crippen molar-refractivity contribution in [3.8, 4) is 6.07 Å². The summed E-state index contributed by atoms with van der Waals surface area (Å²) in [5.74, 6) is -1.12. The van der Waals surface area contributed by atoms with Crippen LogP contribution >= 0.6 is 0 Å². The molecule has 1 aliphatic heterocycles. The smallest absolute Gasteiger partial charge is 0.355 e. The van der Waals surface area contributed by atoms with Gasteiger partial charge in [0, 0.05) is 19.0 Å². The van der Waals surface area contributed by atoms with Crippen molar-refractivity contribution in [3.63, 3.8) is 0 Å². The van der Waals surface area contributed by atoms with E-state index >= 15 is 0 Å². The van der Waals surface area contributed by atoms with Crippen molar-refractivity contribution in [3.05, 3.63) is 18.0 Å². The Labute approximate surface area is 171 Å². The summed E-state index contributed by atoms with van der Waals surface area (Å²) in [5.41, 5.74) is -0.740. The van der Waals surface area contributed by atoms with Gasteiger partial charge in [-0.05, 0) is 37.8 Å². The Morgan fingerprint density at radius 2 is 1.87 bits per heavy atom. The second-order valence-electron chi connectivity index (χ2n) is 7.99. The summed E-state index contributed by atoms with van der Waals surface area (Å²) < 4.78 is 39.9. The number of amides is 1. The number of nitrogens with zero attached hydrogens (tertiary/aromatic N) is 6. The van der Waals surface area contributed by atoms with Gasteiger partial charge in [0.05, 0.1) is 6.07 Å². The second kappa shape index (κ2) is 7.74. The molecule has 2 aliphatic rings. The van der Waals surface area contributed by atoms with E-state index in [1.807, 2.05) is 4.90 Å². The highest BCUT2D eigenvalue weighted by molar-refractivity contribution is 5.80. The monoisotopic (exact) mass is 421 g/mol. The lowest BCUT2D eigenvalue weighted by molar-refractivity contribution is -0.146. The molecule has 2 aromatic rings. The number of hydrogen-bond donors (Lipinski definition) is 1. The Kier molecular flexibility index (Phi) is 5.26. The predicted octanol–water partition coefficient (Wildman–Crippen LogP) is 2.70. The van der Waals surface area contributed by atoms with Crippen LogP contribution in [0.3, 0.4) is 0 Å². The SMILES string of the molecule is N#CC1(NC(=O)C2CCN(c3ccc4nnc(C(F)(F)F)n4n3)CC2)CCCCC1. The van der Waals surface area contributed by atoms with Crippen LogP contribution in [0.1, 0.15) is 50.8 Å². The van der Waals surface area contributed by atoms with Crippen LogP contribution in [0, 0.1) is 17.2 Å². The molecular weight excluding hydrogens is 399 g/mol. The first-order valence-corrected chi connectivity index (χ1v) is 10.1. The molecule has 3 heterocycles. The lowest BCUT2D eigenvalue weighted by atomic mass is 9.82. The summed E-state index contributed by atoms with van der Waals surface area (Å²) in [6.07, 6.45) is 0.746. The van der Waals surface area contributed by atoms with Crippen LogP contribution in [0.15, 0.2) is 12.1 Å². The first kappa shape index (κ1) is 20.4. The Balaban J connectivity index is 1.42. The standard InChI is InChI=1S/C19H22F3N7O/c20-19(21,22)17-26-25-14-4-5-15(27-29(14)17)28-10-6-13(7-11-28)16(30)24-18(12-23)8-2-1-3-9-18/h4-5,13H,1-3,6-11H2,(H,24,30). The zero-order chi connectivity index (χ0) is 21.4. The van der Waals surface area contributed by atoms with Gasteiger partial charge in [0.15, 0.2) is 5.65 Å². The molecule has 2 aromatic heterocycles. The molecule has 30 heavy (non-hydrogen) atoms. The number of nitrogens with one attached hydrogen (secondary N) is 1. The van der Waals surface area contributed by atoms with Crippen molar-refractivity contribution in [1.82, 2.24) is 25.1 Å². The van der Waals surface area contributed by atoms with Gasteiger partial charge in [0.2, 0.25) is 5.91 Å². The van der Waals surface area contributed by atoms with Gasteiger partial charge in [0.25, 0.3) is 5.82 Å². The van der Waals surface area contributed by atoms with E-state index in [-0.39, 0.29) is 17.5 Å². The molecule has 4 rings (SSSR count). The van der Waals surface area contributed by atoms with Crippen LogP contribution < -0.4 is 10.2 Å². The van der Waals surface area contributed by atoms with Gasteiger partial charge in [0.1, 0.15) is 11.4 Å². The average Bonchev–Trinajstić information content (AvgIpc) is 3.18. The minimum absolute atomic E-state index is 0.0228. The Hall–Kier alpha value is -2.90. The number of rotatable bonds is 3. The van der Waals surface area contributed by atoms with Crippen molar-refractivity contribution in [2.75, 3.05) is 18.0 Å². The van der Waals surface area contributed by atoms with E-state index in [2.05, 4.69) is 26.7 Å². The number of carbonyl (C=O) groups is 1. The normalized spacial score (nSPS) is 20.1. The Bertz CT molecular complexity index is 967. The number of hydrogen-bond acceptors (Lipinski definition) is 6. The molecule has 0 unspecified atom stereocenters. The third-order valence-corrected chi connectivity index (χ3v) is 5.98. The lowest BCUT2D eigenvalue weighted by Crippen LogP contribution is -2.52. The van der Waals surface area contributed by atoms with Crippen molar-refractivity contribution in [2.45, 2.75) is 56.7 Å². The summed E-state index contributed by atoms with van der Waals surface area (Å²) in [6.45, 7) is 0.971.